The first-order chi connectivity index (χ1) is 9.61. The molecule has 0 spiro atoms. The number of hydrogen-bond donors (Lipinski definition) is 1. The van der Waals surface area contributed by atoms with E-state index in [0.29, 0.717) is 22.2 Å². The molecule has 20 heavy (non-hydrogen) atoms. The van der Waals surface area contributed by atoms with Gasteiger partial charge in [-0.15, -0.1) is 0 Å². The van der Waals surface area contributed by atoms with E-state index in [1.165, 1.54) is 11.8 Å². The van der Waals surface area contributed by atoms with Gasteiger partial charge in [-0.05, 0) is 25.1 Å². The summed E-state index contributed by atoms with van der Waals surface area (Å²) in [4.78, 5) is 19.6. The number of ketones is 1. The Balaban J connectivity index is 2.22. The molecule has 6 heteroatoms. The van der Waals surface area contributed by atoms with E-state index in [1.807, 2.05) is 6.07 Å². The molecule has 2 aromatic rings. The Bertz CT molecular complexity index is 632. The van der Waals surface area contributed by atoms with Gasteiger partial charge in [-0.2, -0.15) is 0 Å². The number of methoxy groups -OCH3 is 1. The minimum Gasteiger partial charge on any atom is -0.496 e. The number of carbonyl (C=O) groups is 1. The van der Waals surface area contributed by atoms with Gasteiger partial charge in [0.05, 0.1) is 7.11 Å². The summed E-state index contributed by atoms with van der Waals surface area (Å²) in [5, 5.41) is 0.669. The van der Waals surface area contributed by atoms with Crippen LogP contribution in [0.5, 0.6) is 5.75 Å². The molecule has 0 fully saturated rings. The fourth-order valence-electron chi connectivity index (χ4n) is 1.70. The second kappa shape index (κ2) is 6.38. The van der Waals surface area contributed by atoms with Gasteiger partial charge < -0.3 is 10.5 Å². The first kappa shape index (κ1) is 14.3. The summed E-state index contributed by atoms with van der Waals surface area (Å²) in [5.74, 6) is 1.77. The van der Waals surface area contributed by atoms with Crippen LogP contribution in [-0.4, -0.2) is 22.9 Å². The van der Waals surface area contributed by atoms with Crippen molar-refractivity contribution < 1.29 is 9.53 Å². The normalized spacial score (nSPS) is 10.3. The zero-order chi connectivity index (χ0) is 14.5. The highest BCUT2D eigenvalue weighted by Crippen LogP contribution is 2.29. The summed E-state index contributed by atoms with van der Waals surface area (Å²) in [7, 11) is 1.60. The molecule has 0 saturated carbocycles. The fourth-order valence-corrected chi connectivity index (χ4v) is 2.56. The van der Waals surface area contributed by atoms with Gasteiger partial charge in [0.15, 0.2) is 11.6 Å². The maximum atomic E-state index is 11.4. The van der Waals surface area contributed by atoms with Crippen molar-refractivity contribution in [2.45, 2.75) is 17.7 Å². The predicted molar refractivity (Wildman–Crippen MR) is 79.0 cm³/mol. The molecule has 5 nitrogen and oxygen atoms in total. The number of hydrogen-bond acceptors (Lipinski definition) is 6. The SMILES string of the molecule is COc1ccc(C(C)=O)cc1CSc1nccnc1N. The van der Waals surface area contributed by atoms with Crippen LogP contribution in [0.1, 0.15) is 22.8 Å². The zero-order valence-electron chi connectivity index (χ0n) is 11.3. The molecule has 104 valence electrons. The number of Topliss-reactive ketones (excluding diaryl/α,β-unsaturated/α-hetero) is 1. The lowest BCUT2D eigenvalue weighted by molar-refractivity contribution is 0.101. The van der Waals surface area contributed by atoms with Crippen LogP contribution >= 0.6 is 11.8 Å². The average molecular weight is 289 g/mol. The topological polar surface area (TPSA) is 78.1 Å². The molecule has 0 unspecified atom stereocenters. The molecule has 0 bridgehead atoms. The van der Waals surface area contributed by atoms with E-state index in [9.17, 15) is 4.79 Å². The Morgan fingerprint density at radius 1 is 1.35 bits per heavy atom. The highest BCUT2D eigenvalue weighted by molar-refractivity contribution is 7.98. The number of nitrogen functional groups attached to an aromatic ring is 1. The van der Waals surface area contributed by atoms with E-state index in [-0.39, 0.29) is 5.78 Å². The fraction of sp³-hybridized carbons (Fsp3) is 0.214. The highest BCUT2D eigenvalue weighted by Gasteiger charge is 2.09. The van der Waals surface area contributed by atoms with E-state index in [2.05, 4.69) is 9.97 Å². The lowest BCUT2D eigenvalue weighted by atomic mass is 10.1. The van der Waals surface area contributed by atoms with Gasteiger partial charge in [-0.1, -0.05) is 11.8 Å². The van der Waals surface area contributed by atoms with Crippen LogP contribution in [0.4, 0.5) is 5.82 Å². The molecule has 0 aliphatic heterocycles. The molecule has 1 heterocycles. The van der Waals surface area contributed by atoms with Gasteiger partial charge in [-0.25, -0.2) is 9.97 Å². The third-order valence-corrected chi connectivity index (χ3v) is 3.79. The molecule has 1 aromatic heterocycles. The number of thioether (sulfide) groups is 1. The van der Waals surface area contributed by atoms with Crippen molar-refractivity contribution in [3.63, 3.8) is 0 Å². The number of carbonyl (C=O) groups excluding carboxylic acids is 1. The van der Waals surface area contributed by atoms with E-state index < -0.39 is 0 Å². The number of rotatable bonds is 5. The van der Waals surface area contributed by atoms with Crippen LogP contribution in [0, 0.1) is 0 Å². The van der Waals surface area contributed by atoms with Gasteiger partial charge in [0, 0.05) is 29.3 Å². The molecule has 0 aliphatic carbocycles. The molecule has 0 amide bonds. The van der Waals surface area contributed by atoms with Crippen molar-refractivity contribution in [3.8, 4) is 5.75 Å². The van der Waals surface area contributed by atoms with Crippen LogP contribution in [0.2, 0.25) is 0 Å². The molecule has 2 rings (SSSR count). The van der Waals surface area contributed by atoms with E-state index in [0.717, 1.165) is 11.3 Å². The molecule has 0 radical (unpaired) electrons. The highest BCUT2D eigenvalue weighted by atomic mass is 32.2. The summed E-state index contributed by atoms with van der Waals surface area (Å²) in [6, 6.07) is 5.39. The molecule has 0 saturated heterocycles. The van der Waals surface area contributed by atoms with Crippen LogP contribution in [0.3, 0.4) is 0 Å². The third-order valence-electron chi connectivity index (χ3n) is 2.74. The maximum Gasteiger partial charge on any atom is 0.159 e. The average Bonchev–Trinajstić information content (AvgIpc) is 2.46. The summed E-state index contributed by atoms with van der Waals surface area (Å²) >= 11 is 1.46. The van der Waals surface area contributed by atoms with Crippen LogP contribution in [-0.2, 0) is 5.75 Å². The number of nitrogens with two attached hydrogens (primary N) is 1. The Labute approximate surface area is 121 Å². The number of aromatic nitrogens is 2. The maximum absolute atomic E-state index is 11.4. The van der Waals surface area contributed by atoms with Crippen LogP contribution in [0.15, 0.2) is 35.6 Å². The van der Waals surface area contributed by atoms with Crippen molar-refractivity contribution in [1.82, 2.24) is 9.97 Å². The van der Waals surface area contributed by atoms with E-state index >= 15 is 0 Å². The van der Waals surface area contributed by atoms with Gasteiger partial charge in [0.25, 0.3) is 0 Å². The number of benzene rings is 1. The summed E-state index contributed by atoms with van der Waals surface area (Å²) in [6.07, 6.45) is 3.15. The molecule has 1 aromatic carbocycles. The quantitative estimate of drug-likeness (QED) is 0.673. The molecule has 2 N–H and O–H groups in total. The molecular weight excluding hydrogens is 274 g/mol. The van der Waals surface area contributed by atoms with Gasteiger partial charge in [-0.3, -0.25) is 4.79 Å². The minimum atomic E-state index is 0.0259. The second-order valence-electron chi connectivity index (χ2n) is 4.12. The lowest BCUT2D eigenvalue weighted by Crippen LogP contribution is -1.98. The monoisotopic (exact) mass is 289 g/mol. The van der Waals surface area contributed by atoms with Crippen molar-refractivity contribution >= 4 is 23.4 Å². The molecular formula is C14H15N3O2S. The van der Waals surface area contributed by atoms with E-state index in [4.69, 9.17) is 10.5 Å². The molecule has 0 aliphatic rings. The van der Waals surface area contributed by atoms with Crippen LogP contribution < -0.4 is 10.5 Å². The van der Waals surface area contributed by atoms with Gasteiger partial charge in [0.1, 0.15) is 10.8 Å². The number of nitrogens with zero attached hydrogens (tertiary/aromatic N) is 2. The Hall–Kier alpha value is -2.08. The van der Waals surface area contributed by atoms with Crippen LogP contribution in [0.25, 0.3) is 0 Å². The predicted octanol–water partition coefficient (Wildman–Crippen LogP) is 2.56. The van der Waals surface area contributed by atoms with Crippen molar-refractivity contribution in [2.24, 2.45) is 0 Å². The Morgan fingerprint density at radius 3 is 2.75 bits per heavy atom. The Morgan fingerprint density at radius 2 is 2.10 bits per heavy atom. The summed E-state index contributed by atoms with van der Waals surface area (Å²) in [6.45, 7) is 1.54. The van der Waals surface area contributed by atoms with Crippen molar-refractivity contribution in [2.75, 3.05) is 12.8 Å². The summed E-state index contributed by atoms with van der Waals surface area (Å²) in [5.41, 5.74) is 7.34. The largest absolute Gasteiger partial charge is 0.496 e. The smallest absolute Gasteiger partial charge is 0.159 e. The van der Waals surface area contributed by atoms with Gasteiger partial charge >= 0.3 is 0 Å². The van der Waals surface area contributed by atoms with Crippen molar-refractivity contribution in [3.05, 3.63) is 41.7 Å². The minimum absolute atomic E-state index is 0.0259. The Kier molecular flexibility index (Phi) is 4.57. The zero-order valence-corrected chi connectivity index (χ0v) is 12.1. The first-order valence-electron chi connectivity index (χ1n) is 5.99. The summed E-state index contributed by atoms with van der Waals surface area (Å²) < 4.78 is 5.31. The number of ether oxygens (including phenoxy) is 1. The second-order valence-corrected chi connectivity index (χ2v) is 5.08. The lowest BCUT2D eigenvalue weighted by Gasteiger charge is -2.10. The molecule has 0 atom stereocenters. The third kappa shape index (κ3) is 3.27. The van der Waals surface area contributed by atoms with E-state index in [1.54, 1.807) is 38.6 Å². The van der Waals surface area contributed by atoms with Gasteiger partial charge in [0.2, 0.25) is 0 Å². The first-order valence-corrected chi connectivity index (χ1v) is 6.97. The number of anilines is 1. The van der Waals surface area contributed by atoms with Crippen molar-refractivity contribution in [1.29, 1.82) is 0 Å². The standard InChI is InChI=1S/C14H15N3O2S/c1-9(18)10-3-4-12(19-2)11(7-10)8-20-14-13(15)16-5-6-17-14/h3-7H,8H2,1-2H3,(H2,15,16).